The fraction of sp³-hybridized carbons (Fsp3) is 0.286. The van der Waals surface area contributed by atoms with E-state index < -0.39 is 5.82 Å². The van der Waals surface area contributed by atoms with Crippen molar-refractivity contribution in [3.63, 3.8) is 0 Å². The summed E-state index contributed by atoms with van der Waals surface area (Å²) in [4.78, 5) is 8.50. The third-order valence-corrected chi connectivity index (χ3v) is 2.92. The highest BCUT2D eigenvalue weighted by atomic mass is 35.5. The topological polar surface area (TPSA) is 49.8 Å². The van der Waals surface area contributed by atoms with Gasteiger partial charge in [-0.1, -0.05) is 24.6 Å². The van der Waals surface area contributed by atoms with Gasteiger partial charge in [-0.25, -0.2) is 14.4 Å². The molecule has 0 aliphatic rings. The van der Waals surface area contributed by atoms with Gasteiger partial charge in [-0.2, -0.15) is 0 Å². The van der Waals surface area contributed by atoms with E-state index in [1.54, 1.807) is 25.1 Å². The second-order valence-electron chi connectivity index (χ2n) is 4.33. The van der Waals surface area contributed by atoms with Crippen LogP contribution in [0.2, 0.25) is 5.02 Å². The Balaban J connectivity index is 2.27. The molecule has 20 heavy (non-hydrogen) atoms. The molecule has 1 heterocycles. The summed E-state index contributed by atoms with van der Waals surface area (Å²) >= 11 is 5.98. The van der Waals surface area contributed by atoms with Gasteiger partial charge < -0.3 is 10.6 Å². The Morgan fingerprint density at radius 1 is 1.25 bits per heavy atom. The molecule has 2 rings (SSSR count). The van der Waals surface area contributed by atoms with Crippen LogP contribution in [0.15, 0.2) is 24.3 Å². The minimum atomic E-state index is -0.420. The number of nitrogens with zero attached hydrogens (tertiary/aromatic N) is 2. The summed E-state index contributed by atoms with van der Waals surface area (Å²) in [6.07, 6.45) is 0.991. The van der Waals surface area contributed by atoms with Crippen LogP contribution in [0.5, 0.6) is 0 Å². The zero-order chi connectivity index (χ0) is 14.5. The van der Waals surface area contributed by atoms with Gasteiger partial charge in [0.1, 0.15) is 23.3 Å². The molecule has 106 valence electrons. The maximum absolute atomic E-state index is 13.7. The first-order valence-electron chi connectivity index (χ1n) is 6.40. The van der Waals surface area contributed by atoms with Gasteiger partial charge in [0.25, 0.3) is 0 Å². The largest absolute Gasteiger partial charge is 0.370 e. The van der Waals surface area contributed by atoms with E-state index in [2.05, 4.69) is 27.5 Å². The molecular formula is C14H16ClFN4. The minimum Gasteiger partial charge on any atom is -0.370 e. The van der Waals surface area contributed by atoms with Crippen molar-refractivity contribution < 1.29 is 4.39 Å². The molecule has 0 aliphatic heterocycles. The van der Waals surface area contributed by atoms with Crippen LogP contribution in [-0.4, -0.2) is 16.5 Å². The van der Waals surface area contributed by atoms with Crippen molar-refractivity contribution >= 4 is 28.9 Å². The Morgan fingerprint density at radius 3 is 2.70 bits per heavy atom. The molecule has 0 spiro atoms. The lowest BCUT2D eigenvalue weighted by Crippen LogP contribution is -2.06. The van der Waals surface area contributed by atoms with Crippen molar-refractivity contribution in [2.45, 2.75) is 20.3 Å². The molecule has 1 aromatic carbocycles. The summed E-state index contributed by atoms with van der Waals surface area (Å²) in [6.45, 7) is 4.67. The summed E-state index contributed by atoms with van der Waals surface area (Å²) < 4.78 is 13.7. The second-order valence-corrected chi connectivity index (χ2v) is 4.74. The van der Waals surface area contributed by atoms with E-state index in [4.69, 9.17) is 11.6 Å². The molecule has 1 aromatic heterocycles. The molecule has 0 unspecified atom stereocenters. The first-order chi connectivity index (χ1) is 9.60. The minimum absolute atomic E-state index is 0.216. The van der Waals surface area contributed by atoms with Crippen molar-refractivity contribution in [2.24, 2.45) is 0 Å². The second kappa shape index (κ2) is 6.52. The van der Waals surface area contributed by atoms with Gasteiger partial charge in [0.2, 0.25) is 0 Å². The third kappa shape index (κ3) is 3.57. The normalized spacial score (nSPS) is 10.4. The number of rotatable bonds is 5. The number of aromatic nitrogens is 2. The van der Waals surface area contributed by atoms with Gasteiger partial charge in [-0.15, -0.1) is 0 Å². The lowest BCUT2D eigenvalue weighted by Gasteiger charge is -2.11. The molecule has 0 atom stereocenters. The average molecular weight is 295 g/mol. The molecule has 6 heteroatoms. The number of para-hydroxylation sites is 1. The zero-order valence-electron chi connectivity index (χ0n) is 11.4. The molecule has 0 saturated carbocycles. The van der Waals surface area contributed by atoms with Gasteiger partial charge in [0, 0.05) is 12.6 Å². The Bertz CT molecular complexity index is 583. The van der Waals surface area contributed by atoms with Crippen LogP contribution < -0.4 is 10.6 Å². The quantitative estimate of drug-likeness (QED) is 0.870. The van der Waals surface area contributed by atoms with Crippen LogP contribution in [-0.2, 0) is 0 Å². The van der Waals surface area contributed by atoms with Gasteiger partial charge in [-0.05, 0) is 25.5 Å². The summed E-state index contributed by atoms with van der Waals surface area (Å²) in [5, 5.41) is 6.38. The predicted octanol–water partition coefficient (Wildman–Crippen LogP) is 4.14. The number of nitrogens with one attached hydrogen (secondary N) is 2. The first kappa shape index (κ1) is 14.5. The van der Waals surface area contributed by atoms with Crippen LogP contribution in [0.4, 0.5) is 21.7 Å². The molecule has 0 radical (unpaired) electrons. The molecule has 2 aromatic rings. The van der Waals surface area contributed by atoms with Crippen molar-refractivity contribution in [1.29, 1.82) is 0 Å². The summed E-state index contributed by atoms with van der Waals surface area (Å²) in [6, 6.07) is 6.25. The predicted molar refractivity (Wildman–Crippen MR) is 80.2 cm³/mol. The lowest BCUT2D eigenvalue weighted by atomic mass is 10.3. The van der Waals surface area contributed by atoms with Crippen LogP contribution in [0, 0.1) is 12.7 Å². The molecule has 0 amide bonds. The van der Waals surface area contributed by atoms with Crippen molar-refractivity contribution in [3.8, 4) is 0 Å². The maximum atomic E-state index is 13.7. The highest BCUT2D eigenvalue weighted by Crippen LogP contribution is 2.28. The summed E-state index contributed by atoms with van der Waals surface area (Å²) in [5.74, 6) is 1.38. The fourth-order valence-electron chi connectivity index (χ4n) is 1.72. The molecule has 4 nitrogen and oxygen atoms in total. The molecule has 2 N–H and O–H groups in total. The smallest absolute Gasteiger partial charge is 0.148 e. The van der Waals surface area contributed by atoms with Crippen LogP contribution in [0.1, 0.15) is 19.2 Å². The number of hydrogen-bond acceptors (Lipinski definition) is 4. The summed E-state index contributed by atoms with van der Waals surface area (Å²) in [7, 11) is 0. The van der Waals surface area contributed by atoms with Crippen molar-refractivity contribution in [2.75, 3.05) is 17.2 Å². The Morgan fingerprint density at radius 2 is 2.00 bits per heavy atom. The van der Waals surface area contributed by atoms with Crippen LogP contribution in [0.25, 0.3) is 0 Å². The zero-order valence-corrected chi connectivity index (χ0v) is 12.1. The van der Waals surface area contributed by atoms with Gasteiger partial charge >= 0.3 is 0 Å². The van der Waals surface area contributed by atoms with Crippen LogP contribution >= 0.6 is 11.6 Å². The first-order valence-corrected chi connectivity index (χ1v) is 6.78. The molecule has 0 aliphatic carbocycles. The fourth-order valence-corrected chi connectivity index (χ4v) is 1.93. The number of aryl methyl sites for hydroxylation is 1. The lowest BCUT2D eigenvalue weighted by molar-refractivity contribution is 0.632. The van der Waals surface area contributed by atoms with Crippen LogP contribution in [0.3, 0.4) is 0 Å². The van der Waals surface area contributed by atoms with Crippen molar-refractivity contribution in [1.82, 2.24) is 9.97 Å². The highest BCUT2D eigenvalue weighted by Gasteiger charge is 2.09. The molecule has 0 saturated heterocycles. The number of hydrogen-bond donors (Lipinski definition) is 2. The standard InChI is InChI=1S/C14H16ClFN4/c1-3-7-17-12-8-13(19-9(2)18-12)20-14-10(15)5-4-6-11(14)16/h4-6,8H,3,7H2,1-2H3,(H2,17,18,19,20). The van der Waals surface area contributed by atoms with E-state index in [9.17, 15) is 4.39 Å². The van der Waals surface area contributed by atoms with E-state index >= 15 is 0 Å². The maximum Gasteiger partial charge on any atom is 0.148 e. The number of halogens is 2. The van der Waals surface area contributed by atoms with E-state index in [0.717, 1.165) is 13.0 Å². The monoisotopic (exact) mass is 294 g/mol. The van der Waals surface area contributed by atoms with Gasteiger partial charge in [0.05, 0.1) is 10.7 Å². The molecular weight excluding hydrogens is 279 g/mol. The number of anilines is 3. The molecule has 0 fully saturated rings. The van der Waals surface area contributed by atoms with E-state index in [1.807, 2.05) is 0 Å². The number of benzene rings is 1. The van der Waals surface area contributed by atoms with Gasteiger partial charge in [-0.3, -0.25) is 0 Å². The average Bonchev–Trinajstić information content (AvgIpc) is 2.40. The van der Waals surface area contributed by atoms with E-state index in [1.165, 1.54) is 6.07 Å². The Kier molecular flexibility index (Phi) is 4.74. The summed E-state index contributed by atoms with van der Waals surface area (Å²) in [5.41, 5.74) is 0.216. The molecule has 0 bridgehead atoms. The third-order valence-electron chi connectivity index (χ3n) is 2.61. The Labute approximate surface area is 122 Å². The Hall–Kier alpha value is -1.88. The van der Waals surface area contributed by atoms with E-state index in [0.29, 0.717) is 22.5 Å². The van der Waals surface area contributed by atoms with Crippen molar-refractivity contribution in [3.05, 3.63) is 40.9 Å². The van der Waals surface area contributed by atoms with E-state index in [-0.39, 0.29) is 5.69 Å². The van der Waals surface area contributed by atoms with Gasteiger partial charge in [0.15, 0.2) is 0 Å². The SMILES string of the molecule is CCCNc1cc(Nc2c(F)cccc2Cl)nc(C)n1. The highest BCUT2D eigenvalue weighted by molar-refractivity contribution is 6.33.